The smallest absolute Gasteiger partial charge is 0.119 e. The number of benzene rings is 1. The normalized spacial score (nSPS) is 12.5. The van der Waals surface area contributed by atoms with Gasteiger partial charge < -0.3 is 10.5 Å². The molecular formula is C15H25NO. The molecule has 0 amide bonds. The number of hydrogen-bond donors (Lipinski definition) is 1. The summed E-state index contributed by atoms with van der Waals surface area (Å²) in [5.41, 5.74) is 9.70. The average Bonchev–Trinajstić information content (AvgIpc) is 2.25. The fourth-order valence-corrected chi connectivity index (χ4v) is 2.53. The van der Waals surface area contributed by atoms with Crippen molar-refractivity contribution in [3.05, 3.63) is 28.8 Å². The van der Waals surface area contributed by atoms with Gasteiger partial charge in [0, 0.05) is 0 Å². The fourth-order valence-electron chi connectivity index (χ4n) is 2.53. The summed E-state index contributed by atoms with van der Waals surface area (Å²) in [5.74, 6) is 1.56. The van der Waals surface area contributed by atoms with Gasteiger partial charge in [-0.3, -0.25) is 0 Å². The molecule has 0 saturated heterocycles. The molecule has 2 heteroatoms. The van der Waals surface area contributed by atoms with Gasteiger partial charge in [-0.05, 0) is 74.9 Å². The van der Waals surface area contributed by atoms with Crippen LogP contribution in [0.4, 0.5) is 0 Å². The molecule has 0 aliphatic heterocycles. The maximum absolute atomic E-state index is 5.57. The lowest BCUT2D eigenvalue weighted by Crippen LogP contribution is -2.05. The Labute approximate surface area is 105 Å². The van der Waals surface area contributed by atoms with E-state index in [-0.39, 0.29) is 0 Å². The Kier molecular flexibility index (Phi) is 5.49. The van der Waals surface area contributed by atoms with Crippen LogP contribution in [-0.2, 0) is 0 Å². The molecule has 0 heterocycles. The lowest BCUT2D eigenvalue weighted by molar-refractivity contribution is 0.339. The van der Waals surface area contributed by atoms with Gasteiger partial charge in [-0.25, -0.2) is 0 Å². The lowest BCUT2D eigenvalue weighted by Gasteiger charge is -2.18. The van der Waals surface area contributed by atoms with Crippen molar-refractivity contribution < 1.29 is 4.74 Å². The van der Waals surface area contributed by atoms with Crippen LogP contribution in [0.15, 0.2) is 12.1 Å². The van der Waals surface area contributed by atoms with E-state index in [0.29, 0.717) is 5.92 Å². The van der Waals surface area contributed by atoms with Gasteiger partial charge in [0.05, 0.1) is 6.61 Å². The number of nitrogens with two attached hydrogens (primary N) is 1. The molecule has 0 radical (unpaired) electrons. The second kappa shape index (κ2) is 6.65. The molecule has 0 spiro atoms. The number of aryl methyl sites for hydroxylation is 2. The van der Waals surface area contributed by atoms with E-state index < -0.39 is 0 Å². The van der Waals surface area contributed by atoms with Crippen molar-refractivity contribution in [3.63, 3.8) is 0 Å². The molecule has 2 nitrogen and oxygen atoms in total. The van der Waals surface area contributed by atoms with Gasteiger partial charge >= 0.3 is 0 Å². The monoisotopic (exact) mass is 235 g/mol. The molecule has 0 aliphatic carbocycles. The molecule has 1 aromatic rings. The molecular weight excluding hydrogens is 210 g/mol. The average molecular weight is 235 g/mol. The first-order valence-corrected chi connectivity index (χ1v) is 6.54. The molecule has 0 bridgehead atoms. The third kappa shape index (κ3) is 3.74. The first-order chi connectivity index (χ1) is 8.10. The number of ether oxygens (including phenoxy) is 1. The van der Waals surface area contributed by atoms with Gasteiger partial charge in [0.2, 0.25) is 0 Å². The largest absolute Gasteiger partial charge is 0.494 e. The van der Waals surface area contributed by atoms with Gasteiger partial charge in [0.1, 0.15) is 5.75 Å². The molecule has 1 rings (SSSR count). The third-order valence-electron chi connectivity index (χ3n) is 3.21. The predicted octanol–water partition coefficient (Wildman–Crippen LogP) is 3.54. The van der Waals surface area contributed by atoms with Crippen LogP contribution in [0, 0.1) is 13.8 Å². The highest BCUT2D eigenvalue weighted by molar-refractivity contribution is 5.42. The highest BCUT2D eigenvalue weighted by atomic mass is 16.5. The van der Waals surface area contributed by atoms with Crippen molar-refractivity contribution in [2.75, 3.05) is 13.2 Å². The number of hydrogen-bond acceptors (Lipinski definition) is 2. The van der Waals surface area contributed by atoms with Crippen molar-refractivity contribution in [1.82, 2.24) is 0 Å². The highest BCUT2D eigenvalue weighted by Crippen LogP contribution is 2.30. The van der Waals surface area contributed by atoms with Crippen LogP contribution in [0.1, 0.15) is 49.3 Å². The molecule has 0 saturated carbocycles. The van der Waals surface area contributed by atoms with E-state index in [1.165, 1.54) is 16.7 Å². The Morgan fingerprint density at radius 1 is 1.24 bits per heavy atom. The van der Waals surface area contributed by atoms with Crippen LogP contribution < -0.4 is 10.5 Å². The molecule has 17 heavy (non-hydrogen) atoms. The summed E-state index contributed by atoms with van der Waals surface area (Å²) in [6, 6.07) is 4.29. The Balaban J connectivity index is 2.92. The van der Waals surface area contributed by atoms with E-state index >= 15 is 0 Å². The zero-order valence-corrected chi connectivity index (χ0v) is 11.5. The molecule has 2 N–H and O–H groups in total. The fraction of sp³-hybridized carbons (Fsp3) is 0.600. The van der Waals surface area contributed by atoms with Gasteiger partial charge in [0.25, 0.3) is 0 Å². The van der Waals surface area contributed by atoms with Crippen LogP contribution in [-0.4, -0.2) is 13.2 Å². The SMILES string of the molecule is CCOc1cc(C)c(C(C)CCCN)c(C)c1. The molecule has 1 unspecified atom stereocenters. The molecule has 1 aromatic carbocycles. The summed E-state index contributed by atoms with van der Waals surface area (Å²) in [6.07, 6.45) is 2.25. The second-order valence-corrected chi connectivity index (χ2v) is 4.74. The molecule has 0 aliphatic rings. The zero-order chi connectivity index (χ0) is 12.8. The topological polar surface area (TPSA) is 35.2 Å². The summed E-state index contributed by atoms with van der Waals surface area (Å²) < 4.78 is 5.56. The third-order valence-corrected chi connectivity index (χ3v) is 3.21. The predicted molar refractivity (Wildman–Crippen MR) is 73.8 cm³/mol. The van der Waals surface area contributed by atoms with E-state index in [1.54, 1.807) is 0 Å². The summed E-state index contributed by atoms with van der Waals surface area (Å²) in [4.78, 5) is 0. The summed E-state index contributed by atoms with van der Waals surface area (Å²) in [7, 11) is 0. The Bertz CT molecular complexity index is 337. The van der Waals surface area contributed by atoms with Crippen molar-refractivity contribution in [3.8, 4) is 5.75 Å². The first-order valence-electron chi connectivity index (χ1n) is 6.54. The Morgan fingerprint density at radius 2 is 1.82 bits per heavy atom. The van der Waals surface area contributed by atoms with Crippen LogP contribution in [0.2, 0.25) is 0 Å². The minimum absolute atomic E-state index is 0.578. The van der Waals surface area contributed by atoms with E-state index in [9.17, 15) is 0 Å². The van der Waals surface area contributed by atoms with Crippen molar-refractivity contribution in [2.24, 2.45) is 5.73 Å². The van der Waals surface area contributed by atoms with Gasteiger partial charge in [-0.2, -0.15) is 0 Å². The minimum Gasteiger partial charge on any atom is -0.494 e. The van der Waals surface area contributed by atoms with Crippen molar-refractivity contribution in [1.29, 1.82) is 0 Å². The maximum Gasteiger partial charge on any atom is 0.119 e. The van der Waals surface area contributed by atoms with Gasteiger partial charge in [-0.15, -0.1) is 0 Å². The molecule has 0 aromatic heterocycles. The van der Waals surface area contributed by atoms with Gasteiger partial charge in [-0.1, -0.05) is 6.92 Å². The standard InChI is InChI=1S/C15H25NO/c1-5-17-14-9-12(3)15(13(4)10-14)11(2)7-6-8-16/h9-11H,5-8,16H2,1-4H3. The second-order valence-electron chi connectivity index (χ2n) is 4.74. The van der Waals surface area contributed by atoms with Gasteiger partial charge in [0.15, 0.2) is 0 Å². The molecule has 1 atom stereocenters. The summed E-state index contributed by atoms with van der Waals surface area (Å²) in [5, 5.41) is 0. The maximum atomic E-state index is 5.57. The van der Waals surface area contributed by atoms with Crippen LogP contribution >= 0.6 is 0 Å². The molecule has 0 fully saturated rings. The van der Waals surface area contributed by atoms with Crippen molar-refractivity contribution in [2.45, 2.75) is 46.5 Å². The Morgan fingerprint density at radius 3 is 2.29 bits per heavy atom. The quantitative estimate of drug-likeness (QED) is 0.818. The summed E-state index contributed by atoms with van der Waals surface area (Å²) in [6.45, 7) is 10.1. The number of rotatable bonds is 6. The van der Waals surface area contributed by atoms with E-state index in [0.717, 1.165) is 31.7 Å². The van der Waals surface area contributed by atoms with Crippen molar-refractivity contribution >= 4 is 0 Å². The van der Waals surface area contributed by atoms with Crippen LogP contribution in [0.25, 0.3) is 0 Å². The minimum atomic E-state index is 0.578. The summed E-state index contributed by atoms with van der Waals surface area (Å²) >= 11 is 0. The molecule has 96 valence electrons. The van der Waals surface area contributed by atoms with E-state index in [4.69, 9.17) is 10.5 Å². The van der Waals surface area contributed by atoms with Crippen LogP contribution in [0.3, 0.4) is 0 Å². The van der Waals surface area contributed by atoms with E-state index in [2.05, 4.69) is 32.9 Å². The lowest BCUT2D eigenvalue weighted by atomic mass is 9.89. The van der Waals surface area contributed by atoms with Crippen LogP contribution in [0.5, 0.6) is 5.75 Å². The first kappa shape index (κ1) is 14.0. The Hall–Kier alpha value is -1.02. The van der Waals surface area contributed by atoms with E-state index in [1.807, 2.05) is 6.92 Å². The zero-order valence-electron chi connectivity index (χ0n) is 11.5. The highest BCUT2D eigenvalue weighted by Gasteiger charge is 2.12.